The monoisotopic (exact) mass is 271 g/mol. The molecular weight excluding hydrogens is 250 g/mol. The van der Waals surface area contributed by atoms with E-state index in [9.17, 15) is 0 Å². The zero-order valence-corrected chi connectivity index (χ0v) is 12.5. The van der Waals surface area contributed by atoms with E-state index in [1.54, 1.807) is 13.3 Å². The smallest absolute Gasteiger partial charge is 0.123 e. The third-order valence-electron chi connectivity index (χ3n) is 3.19. The molecule has 0 aliphatic heterocycles. The second kappa shape index (κ2) is 6.28. The van der Waals surface area contributed by atoms with E-state index in [4.69, 9.17) is 4.74 Å². The van der Waals surface area contributed by atoms with Gasteiger partial charge in [-0.25, -0.2) is 0 Å². The topological polar surface area (TPSA) is 37.4 Å². The largest absolute Gasteiger partial charge is 0.496 e. The minimum atomic E-state index is 0.706. The number of methoxy groups -OCH3 is 1. The van der Waals surface area contributed by atoms with Gasteiger partial charge < -0.3 is 15.0 Å². The van der Waals surface area contributed by atoms with E-state index in [0.29, 0.717) is 6.54 Å². The standard InChI is InChI=1S/C16H21N3O/c1-12-5-6-16(20-4)13(9-12)10-18-14-11-17-8-7-15(14)19(2)3/h5-9,11,18H,10H2,1-4H3. The zero-order chi connectivity index (χ0) is 14.5. The molecule has 0 saturated carbocycles. The fourth-order valence-corrected chi connectivity index (χ4v) is 2.15. The summed E-state index contributed by atoms with van der Waals surface area (Å²) in [7, 11) is 5.74. The predicted molar refractivity (Wildman–Crippen MR) is 83.6 cm³/mol. The number of hydrogen-bond acceptors (Lipinski definition) is 4. The first-order valence-corrected chi connectivity index (χ1v) is 6.60. The summed E-state index contributed by atoms with van der Waals surface area (Å²) in [6.07, 6.45) is 3.64. The molecule has 1 N–H and O–H groups in total. The predicted octanol–water partition coefficient (Wildman–Crippen LogP) is 3.08. The van der Waals surface area contributed by atoms with Crippen LogP contribution in [0.5, 0.6) is 5.75 Å². The number of ether oxygens (including phenoxy) is 1. The molecule has 4 nitrogen and oxygen atoms in total. The van der Waals surface area contributed by atoms with Gasteiger partial charge in [-0.15, -0.1) is 0 Å². The van der Waals surface area contributed by atoms with Crippen molar-refractivity contribution in [3.8, 4) is 5.75 Å². The number of aryl methyl sites for hydroxylation is 1. The summed E-state index contributed by atoms with van der Waals surface area (Å²) in [5.74, 6) is 0.901. The van der Waals surface area contributed by atoms with Crippen molar-refractivity contribution < 1.29 is 4.74 Å². The molecule has 2 rings (SSSR count). The van der Waals surface area contributed by atoms with Crippen LogP contribution in [0.3, 0.4) is 0 Å². The molecule has 0 fully saturated rings. The van der Waals surface area contributed by atoms with E-state index in [1.807, 2.05) is 32.4 Å². The van der Waals surface area contributed by atoms with Gasteiger partial charge in [0.05, 0.1) is 24.7 Å². The normalized spacial score (nSPS) is 10.2. The van der Waals surface area contributed by atoms with Crippen LogP contribution in [0.4, 0.5) is 11.4 Å². The summed E-state index contributed by atoms with van der Waals surface area (Å²) < 4.78 is 5.40. The van der Waals surface area contributed by atoms with Gasteiger partial charge in [0.15, 0.2) is 0 Å². The van der Waals surface area contributed by atoms with Crippen LogP contribution in [0.1, 0.15) is 11.1 Å². The highest BCUT2D eigenvalue weighted by Gasteiger charge is 2.06. The van der Waals surface area contributed by atoms with Crippen molar-refractivity contribution in [3.63, 3.8) is 0 Å². The molecule has 2 aromatic rings. The van der Waals surface area contributed by atoms with E-state index >= 15 is 0 Å². The molecule has 1 aromatic heterocycles. The maximum atomic E-state index is 5.40. The molecule has 4 heteroatoms. The summed E-state index contributed by atoms with van der Waals surface area (Å²) in [5, 5.41) is 3.43. The van der Waals surface area contributed by atoms with Crippen LogP contribution in [0.2, 0.25) is 0 Å². The number of anilines is 2. The molecule has 0 bridgehead atoms. The van der Waals surface area contributed by atoms with Crippen molar-refractivity contribution in [1.29, 1.82) is 0 Å². The van der Waals surface area contributed by atoms with Crippen LogP contribution in [0.15, 0.2) is 36.7 Å². The summed E-state index contributed by atoms with van der Waals surface area (Å²) >= 11 is 0. The molecule has 0 radical (unpaired) electrons. The van der Waals surface area contributed by atoms with Gasteiger partial charge in [0.1, 0.15) is 5.75 Å². The lowest BCUT2D eigenvalue weighted by Gasteiger charge is -2.18. The summed E-state index contributed by atoms with van der Waals surface area (Å²) in [6, 6.07) is 8.19. The van der Waals surface area contributed by atoms with Crippen molar-refractivity contribution in [3.05, 3.63) is 47.8 Å². The first-order valence-electron chi connectivity index (χ1n) is 6.60. The number of rotatable bonds is 5. The molecule has 20 heavy (non-hydrogen) atoms. The van der Waals surface area contributed by atoms with Gasteiger partial charge in [-0.1, -0.05) is 17.7 Å². The summed E-state index contributed by atoms with van der Waals surface area (Å²) in [6.45, 7) is 2.79. The molecule has 106 valence electrons. The third kappa shape index (κ3) is 3.20. The number of hydrogen-bond donors (Lipinski definition) is 1. The molecular formula is C16H21N3O. The van der Waals surface area contributed by atoms with Crippen molar-refractivity contribution in [2.24, 2.45) is 0 Å². The molecule has 1 aromatic carbocycles. The average Bonchev–Trinajstić information content (AvgIpc) is 2.45. The minimum absolute atomic E-state index is 0.706. The lowest BCUT2D eigenvalue weighted by molar-refractivity contribution is 0.410. The van der Waals surface area contributed by atoms with Gasteiger partial charge in [0.2, 0.25) is 0 Å². The Morgan fingerprint density at radius 3 is 2.75 bits per heavy atom. The number of nitrogens with zero attached hydrogens (tertiary/aromatic N) is 2. The van der Waals surface area contributed by atoms with Gasteiger partial charge in [0, 0.05) is 32.4 Å². The molecule has 0 atom stereocenters. The average molecular weight is 271 g/mol. The lowest BCUT2D eigenvalue weighted by Crippen LogP contribution is -2.12. The molecule has 1 heterocycles. The fraction of sp³-hybridized carbons (Fsp3) is 0.312. The van der Waals surface area contributed by atoms with Gasteiger partial charge >= 0.3 is 0 Å². The van der Waals surface area contributed by atoms with Gasteiger partial charge in [-0.05, 0) is 19.1 Å². The molecule has 0 aliphatic carbocycles. The Hall–Kier alpha value is -2.23. The Labute approximate surface area is 120 Å². The second-order valence-electron chi connectivity index (χ2n) is 4.96. The molecule has 0 saturated heterocycles. The first kappa shape index (κ1) is 14.2. The highest BCUT2D eigenvalue weighted by molar-refractivity contribution is 5.68. The number of nitrogens with one attached hydrogen (secondary N) is 1. The number of pyridine rings is 1. The van der Waals surface area contributed by atoms with Crippen LogP contribution in [-0.4, -0.2) is 26.2 Å². The van der Waals surface area contributed by atoms with E-state index in [0.717, 1.165) is 22.7 Å². The van der Waals surface area contributed by atoms with E-state index in [2.05, 4.69) is 34.3 Å². The van der Waals surface area contributed by atoms with Crippen LogP contribution in [0.25, 0.3) is 0 Å². The molecule has 0 aliphatic rings. The maximum Gasteiger partial charge on any atom is 0.123 e. The van der Waals surface area contributed by atoms with Crippen molar-refractivity contribution in [2.45, 2.75) is 13.5 Å². The zero-order valence-electron chi connectivity index (χ0n) is 12.5. The Balaban J connectivity index is 2.19. The van der Waals surface area contributed by atoms with E-state index in [1.165, 1.54) is 5.56 Å². The van der Waals surface area contributed by atoms with Gasteiger partial charge in [-0.2, -0.15) is 0 Å². The molecule has 0 spiro atoms. The van der Waals surface area contributed by atoms with E-state index < -0.39 is 0 Å². The highest BCUT2D eigenvalue weighted by atomic mass is 16.5. The molecule has 0 amide bonds. The molecule has 0 unspecified atom stereocenters. The van der Waals surface area contributed by atoms with Gasteiger partial charge in [0.25, 0.3) is 0 Å². The lowest BCUT2D eigenvalue weighted by atomic mass is 10.1. The highest BCUT2D eigenvalue weighted by Crippen LogP contribution is 2.25. The maximum absolute atomic E-state index is 5.40. The van der Waals surface area contributed by atoms with Crippen LogP contribution in [-0.2, 0) is 6.54 Å². The Morgan fingerprint density at radius 1 is 1.25 bits per heavy atom. The summed E-state index contributed by atoms with van der Waals surface area (Å²) in [4.78, 5) is 6.25. The number of benzene rings is 1. The second-order valence-corrected chi connectivity index (χ2v) is 4.96. The third-order valence-corrected chi connectivity index (χ3v) is 3.19. The SMILES string of the molecule is COc1ccc(C)cc1CNc1cnccc1N(C)C. The quantitative estimate of drug-likeness (QED) is 0.907. The Bertz CT molecular complexity index is 582. The van der Waals surface area contributed by atoms with E-state index in [-0.39, 0.29) is 0 Å². The Kier molecular flexibility index (Phi) is 4.45. The first-order chi connectivity index (χ1) is 9.61. The summed E-state index contributed by atoms with van der Waals surface area (Å²) in [5.41, 5.74) is 4.50. The Morgan fingerprint density at radius 2 is 2.05 bits per heavy atom. The van der Waals surface area contributed by atoms with Crippen molar-refractivity contribution in [2.75, 3.05) is 31.4 Å². The fourth-order valence-electron chi connectivity index (χ4n) is 2.15. The van der Waals surface area contributed by atoms with Crippen LogP contribution in [0, 0.1) is 6.92 Å². The number of aromatic nitrogens is 1. The van der Waals surface area contributed by atoms with Crippen LogP contribution < -0.4 is 15.0 Å². The minimum Gasteiger partial charge on any atom is -0.496 e. The van der Waals surface area contributed by atoms with Crippen molar-refractivity contribution in [1.82, 2.24) is 4.98 Å². The van der Waals surface area contributed by atoms with Crippen LogP contribution >= 0.6 is 0 Å². The van der Waals surface area contributed by atoms with Crippen molar-refractivity contribution >= 4 is 11.4 Å². The van der Waals surface area contributed by atoms with Gasteiger partial charge in [-0.3, -0.25) is 4.98 Å².